The molecule has 1 heterocycles. The molecule has 1 amide bonds. The Kier molecular flexibility index (Phi) is 4.18. The highest BCUT2D eigenvalue weighted by atomic mass is 35.5. The fraction of sp³-hybridized carbons (Fsp3) is 0.316. The summed E-state index contributed by atoms with van der Waals surface area (Å²) in [6.07, 6.45) is 0.651. The van der Waals surface area contributed by atoms with Crippen LogP contribution in [0.25, 0.3) is 0 Å². The third-order valence-electron chi connectivity index (χ3n) is 4.17. The van der Waals surface area contributed by atoms with Gasteiger partial charge < -0.3 is 15.8 Å². The van der Waals surface area contributed by atoms with Crippen molar-refractivity contribution in [2.45, 2.75) is 38.8 Å². The van der Waals surface area contributed by atoms with E-state index in [1.165, 1.54) is 0 Å². The van der Waals surface area contributed by atoms with Crippen LogP contribution in [0.5, 0.6) is 5.75 Å². The van der Waals surface area contributed by atoms with Crippen LogP contribution < -0.4 is 15.8 Å². The van der Waals surface area contributed by atoms with Crippen LogP contribution in [-0.4, -0.2) is 11.5 Å². The van der Waals surface area contributed by atoms with Crippen molar-refractivity contribution in [1.82, 2.24) is 5.32 Å². The van der Waals surface area contributed by atoms with Crippen molar-refractivity contribution >= 4 is 23.2 Å². The topological polar surface area (TPSA) is 64.3 Å². The quantitative estimate of drug-likeness (QED) is 0.800. The molecule has 0 aromatic heterocycles. The summed E-state index contributed by atoms with van der Waals surface area (Å²) < 4.78 is 6.00. The molecule has 2 aromatic carbocycles. The van der Waals surface area contributed by atoms with Gasteiger partial charge in [-0.05, 0) is 56.7 Å². The molecule has 2 aromatic rings. The van der Waals surface area contributed by atoms with Crippen molar-refractivity contribution in [1.29, 1.82) is 0 Å². The van der Waals surface area contributed by atoms with Crippen molar-refractivity contribution in [3.8, 4) is 5.75 Å². The number of carbonyl (C=O) groups is 1. The number of nitrogens with one attached hydrogen (secondary N) is 1. The molecule has 0 aliphatic carbocycles. The third kappa shape index (κ3) is 3.34. The number of hydrogen-bond donors (Lipinski definition) is 2. The van der Waals surface area contributed by atoms with Crippen LogP contribution in [-0.2, 0) is 0 Å². The van der Waals surface area contributed by atoms with Crippen molar-refractivity contribution in [3.63, 3.8) is 0 Å². The molecule has 0 bridgehead atoms. The predicted molar refractivity (Wildman–Crippen MR) is 96.6 cm³/mol. The standard InChI is InChI=1S/C19H21ClN2O2/c1-11-4-6-13(15(20)8-11)18(23)22-16-10-19(2,3)24-17-7-5-12(21)9-14(16)17/h4-9,16H,10,21H2,1-3H3,(H,22,23). The largest absolute Gasteiger partial charge is 0.487 e. The minimum atomic E-state index is -0.377. The molecule has 0 fully saturated rings. The van der Waals surface area contributed by atoms with Gasteiger partial charge in [0.2, 0.25) is 0 Å². The molecule has 1 unspecified atom stereocenters. The number of amides is 1. The maximum Gasteiger partial charge on any atom is 0.253 e. The number of rotatable bonds is 2. The van der Waals surface area contributed by atoms with Gasteiger partial charge in [0.25, 0.3) is 5.91 Å². The Morgan fingerprint density at radius 3 is 2.75 bits per heavy atom. The zero-order valence-corrected chi connectivity index (χ0v) is 14.8. The monoisotopic (exact) mass is 344 g/mol. The Hall–Kier alpha value is -2.20. The van der Waals surface area contributed by atoms with E-state index in [1.54, 1.807) is 18.2 Å². The molecule has 0 saturated heterocycles. The van der Waals surface area contributed by atoms with E-state index in [-0.39, 0.29) is 17.6 Å². The fourth-order valence-corrected chi connectivity index (χ4v) is 3.36. The molecule has 0 spiro atoms. The number of hydrogen-bond acceptors (Lipinski definition) is 3. The van der Waals surface area contributed by atoms with Crippen molar-refractivity contribution in [2.75, 3.05) is 5.73 Å². The summed E-state index contributed by atoms with van der Waals surface area (Å²) >= 11 is 6.22. The van der Waals surface area contributed by atoms with E-state index in [1.807, 2.05) is 39.0 Å². The van der Waals surface area contributed by atoms with E-state index in [2.05, 4.69) is 5.32 Å². The van der Waals surface area contributed by atoms with Crippen LogP contribution in [0.4, 0.5) is 5.69 Å². The Labute approximate surface area is 147 Å². The first-order chi connectivity index (χ1) is 11.2. The smallest absolute Gasteiger partial charge is 0.253 e. The van der Waals surface area contributed by atoms with Crippen LogP contribution in [0, 0.1) is 6.92 Å². The van der Waals surface area contributed by atoms with Gasteiger partial charge in [-0.1, -0.05) is 17.7 Å². The molecule has 1 atom stereocenters. The number of fused-ring (bicyclic) bond motifs is 1. The molecular formula is C19H21ClN2O2. The van der Waals surface area contributed by atoms with Gasteiger partial charge in [-0.3, -0.25) is 4.79 Å². The van der Waals surface area contributed by atoms with Gasteiger partial charge in [-0.2, -0.15) is 0 Å². The molecule has 3 rings (SSSR count). The van der Waals surface area contributed by atoms with E-state index in [4.69, 9.17) is 22.1 Å². The molecule has 5 heteroatoms. The Bertz CT molecular complexity index is 802. The van der Waals surface area contributed by atoms with Gasteiger partial charge in [0.05, 0.1) is 16.6 Å². The number of halogens is 1. The number of nitrogens with two attached hydrogens (primary N) is 1. The molecule has 0 radical (unpaired) electrons. The number of anilines is 1. The second kappa shape index (κ2) is 6.02. The fourth-order valence-electron chi connectivity index (χ4n) is 3.04. The summed E-state index contributed by atoms with van der Waals surface area (Å²) in [5.41, 5.74) is 8.55. The zero-order chi connectivity index (χ0) is 17.5. The second-order valence-corrected chi connectivity index (χ2v) is 7.28. The van der Waals surface area contributed by atoms with Crippen LogP contribution in [0.2, 0.25) is 5.02 Å². The van der Waals surface area contributed by atoms with E-state index in [0.29, 0.717) is 22.7 Å². The highest BCUT2D eigenvalue weighted by Crippen LogP contribution is 2.40. The van der Waals surface area contributed by atoms with Crippen LogP contribution >= 0.6 is 11.6 Å². The summed E-state index contributed by atoms with van der Waals surface area (Å²) in [6, 6.07) is 10.7. The number of benzene rings is 2. The van der Waals surface area contributed by atoms with Crippen molar-refractivity contribution < 1.29 is 9.53 Å². The Morgan fingerprint density at radius 2 is 2.04 bits per heavy atom. The zero-order valence-electron chi connectivity index (χ0n) is 14.0. The lowest BCUT2D eigenvalue weighted by Crippen LogP contribution is -2.41. The average molecular weight is 345 g/mol. The van der Waals surface area contributed by atoms with E-state index in [0.717, 1.165) is 16.9 Å². The summed E-state index contributed by atoms with van der Waals surface area (Å²) in [5.74, 6) is 0.553. The molecule has 3 N–H and O–H groups in total. The minimum absolute atomic E-state index is 0.183. The lowest BCUT2D eigenvalue weighted by molar-refractivity contribution is 0.0620. The van der Waals surface area contributed by atoms with E-state index < -0.39 is 0 Å². The predicted octanol–water partition coefficient (Wildman–Crippen LogP) is 4.26. The SMILES string of the molecule is Cc1ccc(C(=O)NC2CC(C)(C)Oc3ccc(N)cc32)c(Cl)c1. The molecule has 1 aliphatic rings. The number of aryl methyl sites for hydroxylation is 1. The summed E-state index contributed by atoms with van der Waals surface area (Å²) in [6.45, 7) is 5.95. The molecule has 24 heavy (non-hydrogen) atoms. The molecule has 0 saturated carbocycles. The van der Waals surface area contributed by atoms with Crippen LogP contribution in [0.15, 0.2) is 36.4 Å². The van der Waals surface area contributed by atoms with Gasteiger partial charge in [-0.15, -0.1) is 0 Å². The first-order valence-electron chi connectivity index (χ1n) is 7.91. The van der Waals surface area contributed by atoms with Gasteiger partial charge in [0.1, 0.15) is 11.4 Å². The summed E-state index contributed by atoms with van der Waals surface area (Å²) in [4.78, 5) is 12.7. The first kappa shape index (κ1) is 16.7. The number of carbonyl (C=O) groups excluding carboxylic acids is 1. The maximum atomic E-state index is 12.7. The summed E-state index contributed by atoms with van der Waals surface area (Å²) in [5, 5.41) is 3.53. The van der Waals surface area contributed by atoms with Gasteiger partial charge in [-0.25, -0.2) is 0 Å². The Balaban J connectivity index is 1.91. The highest BCUT2D eigenvalue weighted by molar-refractivity contribution is 6.33. The molecule has 1 aliphatic heterocycles. The number of ether oxygens (including phenoxy) is 1. The van der Waals surface area contributed by atoms with Crippen LogP contribution in [0.3, 0.4) is 0 Å². The normalized spacial score (nSPS) is 18.4. The number of nitrogen functional groups attached to an aromatic ring is 1. The van der Waals surface area contributed by atoms with Crippen molar-refractivity contribution in [2.24, 2.45) is 0 Å². The van der Waals surface area contributed by atoms with E-state index in [9.17, 15) is 4.79 Å². The third-order valence-corrected chi connectivity index (χ3v) is 4.48. The second-order valence-electron chi connectivity index (χ2n) is 6.87. The molecule has 4 nitrogen and oxygen atoms in total. The van der Waals surface area contributed by atoms with Gasteiger partial charge in [0, 0.05) is 17.7 Å². The lowest BCUT2D eigenvalue weighted by Gasteiger charge is -2.38. The summed E-state index contributed by atoms with van der Waals surface area (Å²) in [7, 11) is 0. The van der Waals surface area contributed by atoms with Crippen molar-refractivity contribution in [3.05, 3.63) is 58.1 Å². The minimum Gasteiger partial charge on any atom is -0.487 e. The van der Waals surface area contributed by atoms with Gasteiger partial charge >= 0.3 is 0 Å². The maximum absolute atomic E-state index is 12.7. The van der Waals surface area contributed by atoms with Gasteiger partial charge in [0.15, 0.2) is 0 Å². The van der Waals surface area contributed by atoms with Crippen LogP contribution in [0.1, 0.15) is 47.8 Å². The Morgan fingerprint density at radius 1 is 1.29 bits per heavy atom. The average Bonchev–Trinajstić information content (AvgIpc) is 2.47. The molecule has 126 valence electrons. The first-order valence-corrected chi connectivity index (χ1v) is 8.28. The highest BCUT2D eigenvalue weighted by Gasteiger charge is 2.35. The van der Waals surface area contributed by atoms with E-state index >= 15 is 0 Å². The lowest BCUT2D eigenvalue weighted by atomic mass is 9.89. The molecular weight excluding hydrogens is 324 g/mol.